The van der Waals surface area contributed by atoms with E-state index in [4.69, 9.17) is 0 Å². The largest absolute Gasteiger partial charge is 0.391 e. The first kappa shape index (κ1) is 58.1. The molecule has 0 heterocycles. The van der Waals surface area contributed by atoms with E-state index >= 15 is 0 Å². The number of carbonyl (C=O) groups excluding carboxylic acids is 1. The molecule has 0 aromatic rings. The number of carbonyl (C=O) groups is 1. The van der Waals surface area contributed by atoms with E-state index in [0.717, 1.165) is 38.5 Å². The number of nitrogens with one attached hydrogen (secondary N) is 1. The van der Waals surface area contributed by atoms with Crippen LogP contribution in [0.5, 0.6) is 0 Å². The Labute approximate surface area is 369 Å². The van der Waals surface area contributed by atoms with E-state index in [1.54, 1.807) is 0 Å². The van der Waals surface area contributed by atoms with Gasteiger partial charge in [-0.15, -0.1) is 0 Å². The molecule has 0 bridgehead atoms. The molecule has 0 saturated carbocycles. The van der Waals surface area contributed by atoms with Gasteiger partial charge in [0.15, 0.2) is 0 Å². The molecule has 0 aliphatic carbocycles. The van der Waals surface area contributed by atoms with Crippen LogP contribution in [0.4, 0.5) is 0 Å². The molecule has 7 heteroatoms. The number of amides is 1. The summed E-state index contributed by atoms with van der Waals surface area (Å²) >= 11 is 0. The van der Waals surface area contributed by atoms with Crippen LogP contribution in [0.2, 0.25) is 0 Å². The quantitative estimate of drug-likeness (QED) is 0.0321. The Balaban J connectivity index is 3.71. The SMILES string of the molecule is CCCCCCCCCC/C=C\CCCCCCCCCCCCCC(=O)NC(CS(=O)(=O)O)C(O)CCCCCCCCCCCCCCCCCCCCCCC. The highest BCUT2D eigenvalue weighted by molar-refractivity contribution is 7.85. The minimum absolute atomic E-state index is 0.240. The smallest absolute Gasteiger partial charge is 0.266 e. The minimum atomic E-state index is -4.31. The molecule has 0 fully saturated rings. The summed E-state index contributed by atoms with van der Waals surface area (Å²) in [5, 5.41) is 13.5. The normalized spacial score (nSPS) is 13.1. The van der Waals surface area contributed by atoms with E-state index < -0.39 is 28.0 Å². The maximum atomic E-state index is 12.6. The lowest BCUT2D eigenvalue weighted by molar-refractivity contribution is -0.122. The van der Waals surface area contributed by atoms with E-state index in [9.17, 15) is 22.9 Å². The third-order valence-electron chi connectivity index (χ3n) is 12.5. The molecule has 0 aromatic carbocycles. The topological polar surface area (TPSA) is 104 Å². The molecule has 0 spiro atoms. The van der Waals surface area contributed by atoms with Crippen molar-refractivity contribution in [1.82, 2.24) is 5.32 Å². The van der Waals surface area contributed by atoms with Crippen LogP contribution in [0.1, 0.15) is 296 Å². The van der Waals surface area contributed by atoms with Gasteiger partial charge in [0.05, 0.1) is 17.9 Å². The van der Waals surface area contributed by atoms with E-state index in [0.29, 0.717) is 12.8 Å². The van der Waals surface area contributed by atoms with E-state index in [1.165, 1.54) is 231 Å². The number of aliphatic hydroxyl groups is 1. The second kappa shape index (κ2) is 46.6. The van der Waals surface area contributed by atoms with Crippen LogP contribution in [-0.2, 0) is 14.9 Å². The molecule has 0 saturated heterocycles. The fraction of sp³-hybridized carbons (Fsp3) is 0.942. The van der Waals surface area contributed by atoms with Crippen molar-refractivity contribution < 1.29 is 22.9 Å². The van der Waals surface area contributed by atoms with Gasteiger partial charge in [-0.05, 0) is 38.5 Å². The molecule has 2 atom stereocenters. The monoisotopic (exact) mass is 854 g/mol. The number of hydrogen-bond donors (Lipinski definition) is 3. The molecule has 0 aliphatic rings. The van der Waals surface area contributed by atoms with Crippen molar-refractivity contribution in [3.05, 3.63) is 12.2 Å². The Bertz CT molecular complexity index is 986. The van der Waals surface area contributed by atoms with Crippen LogP contribution < -0.4 is 5.32 Å². The second-order valence-electron chi connectivity index (χ2n) is 18.5. The average Bonchev–Trinajstić information content (AvgIpc) is 3.20. The van der Waals surface area contributed by atoms with E-state index in [-0.39, 0.29) is 5.91 Å². The van der Waals surface area contributed by atoms with Gasteiger partial charge in [0.25, 0.3) is 10.1 Å². The highest BCUT2D eigenvalue weighted by atomic mass is 32.2. The second-order valence-corrected chi connectivity index (χ2v) is 20.0. The summed E-state index contributed by atoms with van der Waals surface area (Å²) in [6.07, 6.45) is 59.0. The third-order valence-corrected chi connectivity index (χ3v) is 13.3. The summed E-state index contributed by atoms with van der Waals surface area (Å²) < 4.78 is 32.8. The van der Waals surface area contributed by atoms with Crippen LogP contribution in [0.25, 0.3) is 0 Å². The Morgan fingerprint density at radius 2 is 0.712 bits per heavy atom. The maximum Gasteiger partial charge on any atom is 0.266 e. The molecule has 3 N–H and O–H groups in total. The lowest BCUT2D eigenvalue weighted by Crippen LogP contribution is -2.47. The summed E-state index contributed by atoms with van der Waals surface area (Å²) in [7, 11) is -4.31. The van der Waals surface area contributed by atoms with Crippen molar-refractivity contribution in [1.29, 1.82) is 0 Å². The molecule has 352 valence electrons. The van der Waals surface area contributed by atoms with Crippen molar-refractivity contribution in [3.8, 4) is 0 Å². The minimum Gasteiger partial charge on any atom is -0.391 e. The van der Waals surface area contributed by atoms with Crippen LogP contribution in [0, 0.1) is 0 Å². The van der Waals surface area contributed by atoms with Crippen LogP contribution in [0.15, 0.2) is 12.2 Å². The van der Waals surface area contributed by atoms with E-state index in [1.807, 2.05) is 0 Å². The van der Waals surface area contributed by atoms with E-state index in [2.05, 4.69) is 31.3 Å². The molecular formula is C52H103NO5S. The van der Waals surface area contributed by atoms with Crippen molar-refractivity contribution in [2.45, 2.75) is 309 Å². The average molecular weight is 854 g/mol. The van der Waals surface area contributed by atoms with Gasteiger partial charge in [-0.3, -0.25) is 9.35 Å². The number of unbranched alkanes of at least 4 members (excludes halogenated alkanes) is 39. The van der Waals surface area contributed by atoms with Crippen molar-refractivity contribution in [3.63, 3.8) is 0 Å². The third kappa shape index (κ3) is 48.0. The molecule has 0 rings (SSSR count). The molecule has 2 unspecified atom stereocenters. The first-order valence-electron chi connectivity index (χ1n) is 26.4. The maximum absolute atomic E-state index is 12.6. The van der Waals surface area contributed by atoms with Gasteiger partial charge in [-0.2, -0.15) is 8.42 Å². The van der Waals surface area contributed by atoms with Gasteiger partial charge in [0, 0.05) is 6.42 Å². The summed E-state index contributed by atoms with van der Waals surface area (Å²) in [6.45, 7) is 4.56. The first-order chi connectivity index (χ1) is 28.8. The number of aliphatic hydroxyl groups excluding tert-OH is 1. The lowest BCUT2D eigenvalue weighted by Gasteiger charge is -2.23. The summed E-state index contributed by atoms with van der Waals surface area (Å²) in [6, 6.07) is -0.969. The van der Waals surface area contributed by atoms with Crippen molar-refractivity contribution in [2.24, 2.45) is 0 Å². The molecule has 0 aliphatic heterocycles. The highest BCUT2D eigenvalue weighted by Gasteiger charge is 2.26. The van der Waals surface area contributed by atoms with Crippen LogP contribution in [-0.4, -0.2) is 41.9 Å². The van der Waals surface area contributed by atoms with Crippen LogP contribution in [0.3, 0.4) is 0 Å². The zero-order chi connectivity index (χ0) is 43.2. The van der Waals surface area contributed by atoms with Crippen molar-refractivity contribution >= 4 is 16.0 Å². The van der Waals surface area contributed by atoms with Gasteiger partial charge < -0.3 is 10.4 Å². The predicted molar refractivity (Wildman–Crippen MR) is 258 cm³/mol. The molecule has 59 heavy (non-hydrogen) atoms. The summed E-state index contributed by atoms with van der Waals surface area (Å²) in [5.41, 5.74) is 0. The fourth-order valence-corrected chi connectivity index (χ4v) is 9.27. The molecule has 6 nitrogen and oxygen atoms in total. The van der Waals surface area contributed by atoms with Crippen molar-refractivity contribution in [2.75, 3.05) is 5.75 Å². The summed E-state index contributed by atoms with van der Waals surface area (Å²) in [4.78, 5) is 12.6. The standard InChI is InChI=1S/C52H103NO5S/c1-3-5-7-9-11-13-15-17-19-21-23-25-26-28-30-32-34-36-38-40-42-44-46-48-52(55)53-50(49-59(56,57)58)51(54)47-45-43-41-39-37-35-33-31-29-27-24-22-20-18-16-14-12-10-8-6-4-2/h21,23,50-51,54H,3-20,22,24-49H2,1-2H3,(H,53,55)(H,56,57,58)/b23-21-. The number of hydrogen-bond acceptors (Lipinski definition) is 4. The molecular weight excluding hydrogens is 751 g/mol. The number of rotatable bonds is 49. The zero-order valence-electron chi connectivity index (χ0n) is 39.7. The zero-order valence-corrected chi connectivity index (χ0v) is 40.5. The highest BCUT2D eigenvalue weighted by Crippen LogP contribution is 2.18. The fourth-order valence-electron chi connectivity index (χ4n) is 8.51. The Morgan fingerprint density at radius 3 is 1.02 bits per heavy atom. The first-order valence-corrected chi connectivity index (χ1v) is 28.0. The van der Waals surface area contributed by atoms with Gasteiger partial charge in [0.2, 0.25) is 5.91 Å². The lowest BCUT2D eigenvalue weighted by atomic mass is 10.0. The van der Waals surface area contributed by atoms with Gasteiger partial charge >= 0.3 is 0 Å². The Kier molecular flexibility index (Phi) is 45.9. The number of allylic oxidation sites excluding steroid dienone is 2. The van der Waals surface area contributed by atoms with Gasteiger partial charge in [-0.1, -0.05) is 264 Å². The molecule has 1 amide bonds. The Hall–Kier alpha value is -0.920. The van der Waals surface area contributed by atoms with Crippen LogP contribution >= 0.6 is 0 Å². The molecule has 0 radical (unpaired) electrons. The summed E-state index contributed by atoms with van der Waals surface area (Å²) in [5.74, 6) is -0.884. The van der Waals surface area contributed by atoms with Gasteiger partial charge in [-0.25, -0.2) is 0 Å². The predicted octanol–water partition coefficient (Wildman–Crippen LogP) is 16.5. The molecule has 0 aromatic heterocycles. The van der Waals surface area contributed by atoms with Gasteiger partial charge in [0.1, 0.15) is 0 Å². The Morgan fingerprint density at radius 1 is 0.441 bits per heavy atom.